The molecule has 6 nitrogen and oxygen atoms in total. The maximum Gasteiger partial charge on any atom is 0.196 e. The van der Waals surface area contributed by atoms with E-state index in [-0.39, 0.29) is 28.0 Å². The van der Waals surface area contributed by atoms with Crippen LogP contribution < -0.4 is 0 Å². The summed E-state index contributed by atoms with van der Waals surface area (Å²) in [5, 5.41) is 29.5. The smallest absolute Gasteiger partial charge is 0.196 e. The number of benzene rings is 1. The Hall–Kier alpha value is -2.18. The van der Waals surface area contributed by atoms with Crippen molar-refractivity contribution in [2.75, 3.05) is 0 Å². The zero-order chi connectivity index (χ0) is 15.5. The van der Waals surface area contributed by atoms with Crippen LogP contribution in [0.4, 0.5) is 0 Å². The molecule has 2 aliphatic rings. The Bertz CT molecular complexity index is 702. The summed E-state index contributed by atoms with van der Waals surface area (Å²) in [6.07, 6.45) is -2.50. The first-order valence-corrected chi connectivity index (χ1v) is 6.56. The summed E-state index contributed by atoms with van der Waals surface area (Å²) in [6, 6.07) is 2.12. The summed E-state index contributed by atoms with van der Waals surface area (Å²) >= 11 is 0. The van der Waals surface area contributed by atoms with Crippen molar-refractivity contribution in [3.8, 4) is 11.5 Å². The van der Waals surface area contributed by atoms with Gasteiger partial charge in [-0.3, -0.25) is 9.59 Å². The van der Waals surface area contributed by atoms with Gasteiger partial charge in [0.15, 0.2) is 11.6 Å². The van der Waals surface area contributed by atoms with Gasteiger partial charge in [-0.1, -0.05) is 0 Å². The number of rotatable bonds is 0. The van der Waals surface area contributed by atoms with E-state index in [1.54, 1.807) is 13.8 Å². The zero-order valence-corrected chi connectivity index (χ0v) is 11.5. The highest BCUT2D eigenvalue weighted by atomic mass is 16.5. The third-order valence-electron chi connectivity index (χ3n) is 3.92. The highest BCUT2D eigenvalue weighted by Crippen LogP contribution is 2.40. The van der Waals surface area contributed by atoms with Crippen molar-refractivity contribution >= 4 is 11.6 Å². The lowest BCUT2D eigenvalue weighted by molar-refractivity contribution is -0.0493. The fraction of sp³-hybridized carbons (Fsp3) is 0.333. The van der Waals surface area contributed by atoms with Crippen LogP contribution in [0.15, 0.2) is 23.3 Å². The molecule has 1 aromatic carbocycles. The average Bonchev–Trinajstić information content (AvgIpc) is 2.39. The van der Waals surface area contributed by atoms with Crippen LogP contribution in [0.3, 0.4) is 0 Å². The monoisotopic (exact) mass is 290 g/mol. The molecule has 0 unspecified atom stereocenters. The van der Waals surface area contributed by atoms with E-state index in [0.717, 1.165) is 12.1 Å². The molecular formula is C15H14O6. The van der Waals surface area contributed by atoms with Gasteiger partial charge in [-0.15, -0.1) is 0 Å². The number of hydrogen-bond donors (Lipinski definition) is 3. The van der Waals surface area contributed by atoms with Gasteiger partial charge in [-0.05, 0) is 19.9 Å². The molecule has 1 aromatic rings. The summed E-state index contributed by atoms with van der Waals surface area (Å²) in [7, 11) is 0. The van der Waals surface area contributed by atoms with E-state index in [1.807, 2.05) is 0 Å². The summed E-state index contributed by atoms with van der Waals surface area (Å²) in [4.78, 5) is 25.1. The number of hydrogen-bond acceptors (Lipinski definition) is 6. The molecule has 0 bridgehead atoms. The number of aliphatic hydroxyl groups is 1. The highest BCUT2D eigenvalue weighted by molar-refractivity contribution is 6.28. The molecule has 3 rings (SSSR count). The van der Waals surface area contributed by atoms with Crippen LogP contribution in [-0.2, 0) is 4.74 Å². The molecule has 21 heavy (non-hydrogen) atoms. The van der Waals surface area contributed by atoms with Crippen LogP contribution in [0.5, 0.6) is 11.5 Å². The first kappa shape index (κ1) is 13.8. The van der Waals surface area contributed by atoms with Gasteiger partial charge in [0.25, 0.3) is 0 Å². The largest absolute Gasteiger partial charge is 0.508 e. The molecule has 0 saturated heterocycles. The minimum absolute atomic E-state index is 0.0104. The number of aromatic hydroxyl groups is 2. The van der Waals surface area contributed by atoms with E-state index < -0.39 is 35.6 Å². The second-order valence-corrected chi connectivity index (χ2v) is 5.30. The number of phenolic OH excluding ortho intramolecular Hbond substituents is 2. The number of Topliss-reactive ketones (excluding diaryl/α,β-unsaturated/α-hetero) is 2. The molecular weight excluding hydrogens is 276 g/mol. The first-order valence-electron chi connectivity index (χ1n) is 6.56. The van der Waals surface area contributed by atoms with Crippen molar-refractivity contribution in [2.24, 2.45) is 0 Å². The van der Waals surface area contributed by atoms with E-state index in [0.29, 0.717) is 0 Å². The van der Waals surface area contributed by atoms with Gasteiger partial charge in [0.2, 0.25) is 0 Å². The summed E-state index contributed by atoms with van der Waals surface area (Å²) < 4.78 is 5.45. The van der Waals surface area contributed by atoms with Gasteiger partial charge in [0.1, 0.15) is 17.6 Å². The molecule has 3 atom stereocenters. The molecule has 0 spiro atoms. The van der Waals surface area contributed by atoms with Gasteiger partial charge >= 0.3 is 0 Å². The lowest BCUT2D eigenvalue weighted by Crippen LogP contribution is -2.45. The molecule has 1 aliphatic carbocycles. The SMILES string of the molecule is C[C@H]1O[C@H](C)[C@@H](O)C2=C1C(=O)c1c(O)cc(O)cc1C2=O. The van der Waals surface area contributed by atoms with E-state index in [2.05, 4.69) is 0 Å². The average molecular weight is 290 g/mol. The van der Waals surface area contributed by atoms with Crippen LogP contribution in [0.2, 0.25) is 0 Å². The van der Waals surface area contributed by atoms with E-state index in [9.17, 15) is 24.9 Å². The number of phenols is 2. The third kappa shape index (κ3) is 1.80. The Balaban J connectivity index is 2.29. The van der Waals surface area contributed by atoms with Gasteiger partial charge < -0.3 is 20.1 Å². The molecule has 3 N–H and O–H groups in total. The lowest BCUT2D eigenvalue weighted by Gasteiger charge is -2.36. The fourth-order valence-electron chi connectivity index (χ4n) is 2.95. The molecule has 110 valence electrons. The van der Waals surface area contributed by atoms with Crippen LogP contribution >= 0.6 is 0 Å². The zero-order valence-electron chi connectivity index (χ0n) is 11.5. The van der Waals surface area contributed by atoms with E-state index in [4.69, 9.17) is 4.74 Å². The topological polar surface area (TPSA) is 104 Å². The van der Waals surface area contributed by atoms with Crippen molar-refractivity contribution in [1.29, 1.82) is 0 Å². The predicted octanol–water partition coefficient (Wildman–Crippen LogP) is 0.941. The van der Waals surface area contributed by atoms with E-state index >= 15 is 0 Å². The molecule has 0 radical (unpaired) electrons. The Morgan fingerprint density at radius 2 is 1.71 bits per heavy atom. The minimum Gasteiger partial charge on any atom is -0.508 e. The maximum absolute atomic E-state index is 12.6. The van der Waals surface area contributed by atoms with Gasteiger partial charge in [-0.2, -0.15) is 0 Å². The quantitative estimate of drug-likeness (QED) is 0.657. The maximum atomic E-state index is 12.6. The second kappa shape index (κ2) is 4.41. The normalized spacial score (nSPS) is 28.4. The molecule has 6 heteroatoms. The van der Waals surface area contributed by atoms with Crippen molar-refractivity contribution in [1.82, 2.24) is 0 Å². The van der Waals surface area contributed by atoms with Crippen LogP contribution in [-0.4, -0.2) is 45.2 Å². The highest BCUT2D eigenvalue weighted by Gasteiger charge is 2.44. The third-order valence-corrected chi connectivity index (χ3v) is 3.92. The predicted molar refractivity (Wildman–Crippen MR) is 71.5 cm³/mol. The van der Waals surface area contributed by atoms with Crippen LogP contribution in [0, 0.1) is 0 Å². The lowest BCUT2D eigenvalue weighted by atomic mass is 9.77. The van der Waals surface area contributed by atoms with Gasteiger partial charge in [0, 0.05) is 22.8 Å². The Morgan fingerprint density at radius 3 is 2.38 bits per heavy atom. The first-order chi connectivity index (χ1) is 9.82. The van der Waals surface area contributed by atoms with Crippen molar-refractivity contribution in [3.05, 3.63) is 34.4 Å². The fourth-order valence-corrected chi connectivity index (χ4v) is 2.95. The number of carbonyl (C=O) groups excluding carboxylic acids is 2. The second-order valence-electron chi connectivity index (χ2n) is 5.30. The van der Waals surface area contributed by atoms with Crippen molar-refractivity contribution < 1.29 is 29.6 Å². The number of ether oxygens (including phenoxy) is 1. The standard InChI is InChI=1S/C15H14O6/c1-5-10-12(13(18)6(2)21-5)14(19)8-3-7(16)4-9(17)11(8)15(10)20/h3-6,13,16-18H,1-2H3/t5-,6-,13-/m1/s1. The number of aliphatic hydroxyl groups excluding tert-OH is 1. The van der Waals surface area contributed by atoms with Crippen molar-refractivity contribution in [3.63, 3.8) is 0 Å². The van der Waals surface area contributed by atoms with Crippen molar-refractivity contribution in [2.45, 2.75) is 32.2 Å². The van der Waals surface area contributed by atoms with Crippen LogP contribution in [0.1, 0.15) is 34.6 Å². The van der Waals surface area contributed by atoms with Crippen LogP contribution in [0.25, 0.3) is 0 Å². The molecule has 0 aromatic heterocycles. The van der Waals surface area contributed by atoms with Gasteiger partial charge in [-0.25, -0.2) is 0 Å². The molecule has 0 amide bonds. The molecule has 0 saturated carbocycles. The summed E-state index contributed by atoms with van der Waals surface area (Å²) in [6.45, 7) is 3.23. The number of carbonyl (C=O) groups is 2. The molecule has 1 aliphatic heterocycles. The number of ketones is 2. The minimum atomic E-state index is -1.22. The summed E-state index contributed by atoms with van der Waals surface area (Å²) in [5.41, 5.74) is -0.201. The number of fused-ring (bicyclic) bond motifs is 1. The van der Waals surface area contributed by atoms with Gasteiger partial charge in [0.05, 0.1) is 17.8 Å². The van der Waals surface area contributed by atoms with E-state index in [1.165, 1.54) is 0 Å². The molecule has 1 heterocycles. The Kier molecular flexibility index (Phi) is 2.89. The Morgan fingerprint density at radius 1 is 1.05 bits per heavy atom. The molecule has 0 fully saturated rings. The Labute approximate surface area is 120 Å². The summed E-state index contributed by atoms with van der Waals surface area (Å²) in [5.74, 6) is -1.91.